The van der Waals surface area contributed by atoms with E-state index in [0.29, 0.717) is 0 Å². The van der Waals surface area contributed by atoms with Gasteiger partial charge in [0.25, 0.3) is 0 Å². The predicted molar refractivity (Wildman–Crippen MR) is 68.5 cm³/mol. The number of carbonyl (C=O) groups excluding carboxylic acids is 3. The molecule has 112 valence electrons. The minimum Gasteiger partial charge on any atom is -0.466 e. The molecule has 0 aliphatic carbocycles. The van der Waals surface area contributed by atoms with Crippen molar-refractivity contribution in [2.45, 2.75) is 26.1 Å². The Kier molecular flexibility index (Phi) is 8.69. The molecule has 0 rings (SSSR count). The molecule has 0 radical (unpaired) electrons. The van der Waals surface area contributed by atoms with Crippen molar-refractivity contribution in [3.63, 3.8) is 0 Å². The van der Waals surface area contributed by atoms with Gasteiger partial charge in [0.05, 0.1) is 7.11 Å². The van der Waals surface area contributed by atoms with Crippen molar-refractivity contribution >= 4 is 17.9 Å². The van der Waals surface area contributed by atoms with Gasteiger partial charge in [-0.05, 0) is 6.08 Å². The summed E-state index contributed by atoms with van der Waals surface area (Å²) in [5.41, 5.74) is 0. The summed E-state index contributed by atoms with van der Waals surface area (Å²) in [6.07, 6.45) is 3.08. The lowest BCUT2D eigenvalue weighted by Gasteiger charge is -2.19. The number of esters is 3. The van der Waals surface area contributed by atoms with Crippen molar-refractivity contribution in [1.82, 2.24) is 0 Å². The Morgan fingerprint density at radius 2 is 1.80 bits per heavy atom. The highest BCUT2D eigenvalue weighted by molar-refractivity contribution is 5.82. The fourth-order valence-electron chi connectivity index (χ4n) is 1.11. The van der Waals surface area contributed by atoms with Crippen LogP contribution in [0.25, 0.3) is 0 Å². The fourth-order valence-corrected chi connectivity index (χ4v) is 1.11. The molecule has 0 saturated heterocycles. The number of hydrogen-bond donors (Lipinski definition) is 1. The molecule has 0 heterocycles. The van der Waals surface area contributed by atoms with E-state index < -0.39 is 30.1 Å². The van der Waals surface area contributed by atoms with Gasteiger partial charge in [-0.15, -0.1) is 0 Å². The first-order valence-electron chi connectivity index (χ1n) is 5.78. The molecule has 1 N–H and O–H groups in total. The molecule has 0 fully saturated rings. The van der Waals surface area contributed by atoms with E-state index in [4.69, 9.17) is 4.74 Å². The minimum atomic E-state index is -1.20. The lowest BCUT2D eigenvalue weighted by Crippen LogP contribution is -2.33. The largest absolute Gasteiger partial charge is 0.466 e. The van der Waals surface area contributed by atoms with Crippen LogP contribution < -0.4 is 0 Å². The Labute approximate surface area is 116 Å². The molecule has 0 amide bonds. The molecule has 0 spiro atoms. The zero-order valence-electron chi connectivity index (χ0n) is 11.6. The normalized spacial score (nSPS) is 14.0. The molecule has 0 aliphatic rings. The number of allylic oxidation sites excluding steroid dienone is 2. The zero-order chi connectivity index (χ0) is 15.5. The number of hydrogen-bond acceptors (Lipinski definition) is 7. The first-order chi connectivity index (χ1) is 9.36. The predicted octanol–water partition coefficient (Wildman–Crippen LogP) is 0.127. The Morgan fingerprint density at radius 3 is 2.30 bits per heavy atom. The highest BCUT2D eigenvalue weighted by Gasteiger charge is 2.20. The van der Waals surface area contributed by atoms with Crippen molar-refractivity contribution in [3.8, 4) is 0 Å². The molecule has 0 unspecified atom stereocenters. The smallest absolute Gasteiger partial charge is 0.330 e. The van der Waals surface area contributed by atoms with E-state index in [1.54, 1.807) is 0 Å². The van der Waals surface area contributed by atoms with Crippen LogP contribution in [0.3, 0.4) is 0 Å². The topological polar surface area (TPSA) is 99.1 Å². The van der Waals surface area contributed by atoms with E-state index in [2.05, 4.69) is 9.47 Å². The van der Waals surface area contributed by atoms with Gasteiger partial charge in [0.2, 0.25) is 0 Å². The average molecular weight is 286 g/mol. The second-order valence-electron chi connectivity index (χ2n) is 3.71. The SMILES string of the molecule is COC(=O)/C=C/C=C/[C@H](OC(C)=O)[C@H](O)COC(C)=O. The van der Waals surface area contributed by atoms with Crippen LogP contribution in [0.15, 0.2) is 24.3 Å². The molecule has 2 atom stereocenters. The van der Waals surface area contributed by atoms with Gasteiger partial charge in [0.1, 0.15) is 18.8 Å². The van der Waals surface area contributed by atoms with Crippen LogP contribution in [-0.2, 0) is 28.6 Å². The van der Waals surface area contributed by atoms with Gasteiger partial charge in [0.15, 0.2) is 0 Å². The van der Waals surface area contributed by atoms with Crippen molar-refractivity contribution in [3.05, 3.63) is 24.3 Å². The van der Waals surface area contributed by atoms with E-state index in [1.807, 2.05) is 0 Å². The zero-order valence-corrected chi connectivity index (χ0v) is 11.6. The number of aliphatic hydroxyl groups is 1. The second-order valence-corrected chi connectivity index (χ2v) is 3.71. The van der Waals surface area contributed by atoms with Gasteiger partial charge in [-0.2, -0.15) is 0 Å². The third-order valence-electron chi connectivity index (χ3n) is 1.98. The number of rotatable bonds is 7. The number of ether oxygens (including phenoxy) is 3. The van der Waals surface area contributed by atoms with Crippen LogP contribution in [-0.4, -0.2) is 48.9 Å². The number of carbonyl (C=O) groups is 3. The Bertz CT molecular complexity index is 398. The van der Waals surface area contributed by atoms with Crippen LogP contribution in [0, 0.1) is 0 Å². The third kappa shape index (κ3) is 8.87. The summed E-state index contributed by atoms with van der Waals surface area (Å²) < 4.78 is 13.9. The summed E-state index contributed by atoms with van der Waals surface area (Å²) in [6.45, 7) is 2.07. The highest BCUT2D eigenvalue weighted by atomic mass is 16.6. The first-order valence-corrected chi connectivity index (χ1v) is 5.78. The summed E-state index contributed by atoms with van der Waals surface area (Å²) in [5, 5.41) is 9.74. The van der Waals surface area contributed by atoms with Crippen molar-refractivity contribution in [1.29, 1.82) is 0 Å². The van der Waals surface area contributed by atoms with Gasteiger partial charge in [-0.1, -0.05) is 12.2 Å². The van der Waals surface area contributed by atoms with Crippen LogP contribution in [0.1, 0.15) is 13.8 Å². The van der Waals surface area contributed by atoms with Gasteiger partial charge in [-0.3, -0.25) is 9.59 Å². The van der Waals surface area contributed by atoms with Crippen LogP contribution in [0.2, 0.25) is 0 Å². The molecule has 0 saturated carbocycles. The first kappa shape index (κ1) is 17.8. The highest BCUT2D eigenvalue weighted by Crippen LogP contribution is 2.04. The van der Waals surface area contributed by atoms with Gasteiger partial charge in [-0.25, -0.2) is 4.79 Å². The molecule has 20 heavy (non-hydrogen) atoms. The molecular formula is C13H18O7. The standard InChI is InChI=1S/C13H18O7/c1-9(14)19-8-11(16)12(20-10(2)15)6-4-5-7-13(17)18-3/h4-7,11-12,16H,8H2,1-3H3/b6-4+,7-5+/t11-,12+/m1/s1. The van der Waals surface area contributed by atoms with Crippen molar-refractivity contribution in [2.75, 3.05) is 13.7 Å². The molecule has 0 aromatic rings. The quantitative estimate of drug-likeness (QED) is 0.307. The maximum absolute atomic E-state index is 10.9. The van der Waals surface area contributed by atoms with E-state index >= 15 is 0 Å². The van der Waals surface area contributed by atoms with Crippen LogP contribution in [0.4, 0.5) is 0 Å². The van der Waals surface area contributed by atoms with E-state index in [0.717, 1.165) is 6.08 Å². The number of methoxy groups -OCH3 is 1. The van der Waals surface area contributed by atoms with Crippen LogP contribution in [0.5, 0.6) is 0 Å². The Hall–Kier alpha value is -2.15. The number of aliphatic hydroxyl groups excluding tert-OH is 1. The van der Waals surface area contributed by atoms with Gasteiger partial charge >= 0.3 is 17.9 Å². The van der Waals surface area contributed by atoms with Crippen molar-refractivity contribution in [2.24, 2.45) is 0 Å². The summed E-state index contributed by atoms with van der Waals surface area (Å²) in [7, 11) is 1.24. The molecule has 0 aromatic carbocycles. The lowest BCUT2D eigenvalue weighted by atomic mass is 10.2. The maximum Gasteiger partial charge on any atom is 0.330 e. The van der Waals surface area contributed by atoms with E-state index in [9.17, 15) is 19.5 Å². The monoisotopic (exact) mass is 286 g/mol. The molecule has 0 aliphatic heterocycles. The molecule has 7 heteroatoms. The molecule has 7 nitrogen and oxygen atoms in total. The van der Waals surface area contributed by atoms with Crippen LogP contribution >= 0.6 is 0 Å². The second kappa shape index (κ2) is 9.74. The Morgan fingerprint density at radius 1 is 1.15 bits per heavy atom. The Balaban J connectivity index is 4.58. The summed E-state index contributed by atoms with van der Waals surface area (Å²) in [5.74, 6) is -1.70. The van der Waals surface area contributed by atoms with Gasteiger partial charge < -0.3 is 19.3 Å². The van der Waals surface area contributed by atoms with E-state index in [-0.39, 0.29) is 6.61 Å². The lowest BCUT2D eigenvalue weighted by molar-refractivity contribution is -0.154. The average Bonchev–Trinajstić information content (AvgIpc) is 2.38. The molecule has 0 bridgehead atoms. The molecule has 0 aromatic heterocycles. The third-order valence-corrected chi connectivity index (χ3v) is 1.98. The summed E-state index contributed by atoms with van der Waals surface area (Å²) in [6, 6.07) is 0. The fraction of sp³-hybridized carbons (Fsp3) is 0.462. The summed E-state index contributed by atoms with van der Waals surface area (Å²) >= 11 is 0. The van der Waals surface area contributed by atoms with Gasteiger partial charge in [0, 0.05) is 19.9 Å². The van der Waals surface area contributed by atoms with Crippen molar-refractivity contribution < 1.29 is 33.7 Å². The molecular weight excluding hydrogens is 268 g/mol. The van der Waals surface area contributed by atoms with E-state index in [1.165, 1.54) is 39.2 Å². The maximum atomic E-state index is 10.9. The summed E-state index contributed by atoms with van der Waals surface area (Å²) in [4.78, 5) is 32.4. The minimum absolute atomic E-state index is 0.307.